The molecule has 1 N–H and O–H groups in total. The second-order valence-corrected chi connectivity index (χ2v) is 4.08. The zero-order valence-electron chi connectivity index (χ0n) is 10.3. The number of benzene rings is 1. The van der Waals surface area contributed by atoms with Crippen molar-refractivity contribution in [2.24, 2.45) is 0 Å². The number of nitrogens with zero attached hydrogens (tertiary/aromatic N) is 2. The lowest BCUT2D eigenvalue weighted by Crippen LogP contribution is -2.00. The molecule has 3 nitrogen and oxygen atoms in total. The maximum atomic E-state index is 9.90. The molecule has 0 atom stereocenters. The van der Waals surface area contributed by atoms with E-state index in [2.05, 4.69) is 24.2 Å². The molecule has 17 heavy (non-hydrogen) atoms. The topological polar surface area (TPSA) is 38.1 Å². The van der Waals surface area contributed by atoms with Crippen LogP contribution in [0.1, 0.15) is 25.8 Å². The van der Waals surface area contributed by atoms with Crippen molar-refractivity contribution in [1.29, 1.82) is 0 Å². The van der Waals surface area contributed by atoms with Gasteiger partial charge in [-0.2, -0.15) is 0 Å². The Kier molecular flexibility index (Phi) is 3.47. The molecule has 0 amide bonds. The molecule has 0 bridgehead atoms. The van der Waals surface area contributed by atoms with Crippen molar-refractivity contribution in [3.63, 3.8) is 0 Å². The average Bonchev–Trinajstić information content (AvgIpc) is 2.68. The Morgan fingerprint density at radius 3 is 2.47 bits per heavy atom. The first-order chi connectivity index (χ1) is 8.27. The first-order valence-electron chi connectivity index (χ1n) is 6.12. The van der Waals surface area contributed by atoms with Gasteiger partial charge in [0.2, 0.25) is 5.88 Å². The van der Waals surface area contributed by atoms with Crippen LogP contribution in [0.5, 0.6) is 5.88 Å². The van der Waals surface area contributed by atoms with Crippen LogP contribution in [0.4, 0.5) is 0 Å². The molecule has 0 aliphatic rings. The summed E-state index contributed by atoms with van der Waals surface area (Å²) in [7, 11) is 0. The molecule has 0 radical (unpaired) electrons. The number of aromatic nitrogens is 2. The van der Waals surface area contributed by atoms with E-state index in [1.807, 2.05) is 29.8 Å². The van der Waals surface area contributed by atoms with E-state index in [0.717, 1.165) is 36.2 Å². The van der Waals surface area contributed by atoms with Crippen LogP contribution in [0.25, 0.3) is 11.3 Å². The quantitative estimate of drug-likeness (QED) is 0.875. The summed E-state index contributed by atoms with van der Waals surface area (Å²) < 4.78 is 1.87. The van der Waals surface area contributed by atoms with Gasteiger partial charge in [0.05, 0.1) is 5.69 Å². The Morgan fingerprint density at radius 1 is 1.18 bits per heavy atom. The average molecular weight is 230 g/mol. The summed E-state index contributed by atoms with van der Waals surface area (Å²) in [5.41, 5.74) is 3.12. The summed E-state index contributed by atoms with van der Waals surface area (Å²) in [6.45, 7) is 4.91. The summed E-state index contributed by atoms with van der Waals surface area (Å²) in [4.78, 5) is 0. The van der Waals surface area contributed by atoms with Crippen molar-refractivity contribution >= 4 is 0 Å². The molecule has 1 heterocycles. The number of hydrogen-bond donors (Lipinski definition) is 1. The molecule has 0 fully saturated rings. The van der Waals surface area contributed by atoms with Crippen molar-refractivity contribution in [2.75, 3.05) is 0 Å². The van der Waals surface area contributed by atoms with Gasteiger partial charge in [0, 0.05) is 17.7 Å². The van der Waals surface area contributed by atoms with Crippen molar-refractivity contribution < 1.29 is 5.11 Å². The second kappa shape index (κ2) is 5.04. The molecule has 3 heteroatoms. The number of aromatic hydroxyl groups is 1. The predicted molar refractivity (Wildman–Crippen MR) is 69.0 cm³/mol. The fourth-order valence-corrected chi connectivity index (χ4v) is 2.11. The Balaban J connectivity index is 2.57. The molecule has 1 aromatic heterocycles. The Hall–Kier alpha value is -1.77. The zero-order valence-corrected chi connectivity index (χ0v) is 10.3. The van der Waals surface area contributed by atoms with Gasteiger partial charge in [-0.05, 0) is 13.3 Å². The van der Waals surface area contributed by atoms with E-state index in [4.69, 9.17) is 0 Å². The molecule has 0 aliphatic carbocycles. The van der Waals surface area contributed by atoms with E-state index in [9.17, 15) is 5.11 Å². The third-order valence-electron chi connectivity index (χ3n) is 2.88. The highest BCUT2D eigenvalue weighted by Crippen LogP contribution is 2.30. The van der Waals surface area contributed by atoms with Crippen LogP contribution in [0.15, 0.2) is 30.3 Å². The third kappa shape index (κ3) is 2.18. The standard InChI is InChI=1S/C14H18N2O/c1-3-8-12-13(11-9-6-5-7-10-11)16(4-2)15-14(12)17/h5-7,9-10H,3-4,8H2,1-2H3,(H,15,17). The van der Waals surface area contributed by atoms with Gasteiger partial charge in [-0.25, -0.2) is 0 Å². The van der Waals surface area contributed by atoms with Gasteiger partial charge in [-0.1, -0.05) is 43.7 Å². The van der Waals surface area contributed by atoms with E-state index in [-0.39, 0.29) is 5.88 Å². The molecular formula is C14H18N2O. The van der Waals surface area contributed by atoms with Crippen LogP contribution in [0.3, 0.4) is 0 Å². The molecule has 0 unspecified atom stereocenters. The van der Waals surface area contributed by atoms with Crippen LogP contribution < -0.4 is 0 Å². The van der Waals surface area contributed by atoms with E-state index in [0.29, 0.717) is 0 Å². The van der Waals surface area contributed by atoms with Crippen LogP contribution >= 0.6 is 0 Å². The van der Waals surface area contributed by atoms with Crippen LogP contribution in [0.2, 0.25) is 0 Å². The summed E-state index contributed by atoms with van der Waals surface area (Å²) in [6.07, 6.45) is 1.86. The molecule has 0 spiro atoms. The smallest absolute Gasteiger partial charge is 0.234 e. The minimum absolute atomic E-state index is 0.174. The lowest BCUT2D eigenvalue weighted by atomic mass is 10.0. The minimum atomic E-state index is 0.174. The lowest BCUT2D eigenvalue weighted by Gasteiger charge is -2.07. The van der Waals surface area contributed by atoms with E-state index in [1.165, 1.54) is 0 Å². The molecule has 0 aliphatic heterocycles. The maximum Gasteiger partial charge on any atom is 0.234 e. The van der Waals surface area contributed by atoms with Gasteiger partial charge in [-0.3, -0.25) is 4.68 Å². The molecule has 2 rings (SSSR count). The van der Waals surface area contributed by atoms with Crippen LogP contribution in [-0.2, 0) is 13.0 Å². The van der Waals surface area contributed by atoms with Crippen molar-refractivity contribution in [2.45, 2.75) is 33.2 Å². The molecule has 0 saturated heterocycles. The van der Waals surface area contributed by atoms with E-state index in [1.54, 1.807) is 0 Å². The monoisotopic (exact) mass is 230 g/mol. The zero-order chi connectivity index (χ0) is 12.3. The van der Waals surface area contributed by atoms with Gasteiger partial charge in [-0.15, -0.1) is 5.10 Å². The predicted octanol–water partition coefficient (Wildman–Crippen LogP) is 3.23. The fourth-order valence-electron chi connectivity index (χ4n) is 2.11. The molecule has 1 aromatic carbocycles. The number of rotatable bonds is 4. The maximum absolute atomic E-state index is 9.90. The summed E-state index contributed by atoms with van der Waals surface area (Å²) >= 11 is 0. The van der Waals surface area contributed by atoms with Crippen molar-refractivity contribution in [3.05, 3.63) is 35.9 Å². The van der Waals surface area contributed by atoms with Crippen LogP contribution in [-0.4, -0.2) is 14.9 Å². The Morgan fingerprint density at radius 2 is 1.88 bits per heavy atom. The highest BCUT2D eigenvalue weighted by atomic mass is 16.3. The van der Waals surface area contributed by atoms with E-state index >= 15 is 0 Å². The van der Waals surface area contributed by atoms with Crippen molar-refractivity contribution in [1.82, 2.24) is 9.78 Å². The highest BCUT2D eigenvalue weighted by Gasteiger charge is 2.16. The Labute approximate surface area is 102 Å². The summed E-state index contributed by atoms with van der Waals surface area (Å²) in [6, 6.07) is 10.1. The largest absolute Gasteiger partial charge is 0.492 e. The molecule has 90 valence electrons. The molecule has 0 saturated carbocycles. The van der Waals surface area contributed by atoms with Gasteiger partial charge < -0.3 is 5.11 Å². The summed E-state index contributed by atoms with van der Waals surface area (Å²) in [5.74, 6) is 0.174. The van der Waals surface area contributed by atoms with Gasteiger partial charge in [0.15, 0.2) is 0 Å². The lowest BCUT2D eigenvalue weighted by molar-refractivity contribution is 0.434. The molecule has 2 aromatic rings. The summed E-state index contributed by atoms with van der Waals surface area (Å²) in [5, 5.41) is 14.1. The SMILES string of the molecule is CCCc1c(O)nn(CC)c1-c1ccccc1. The normalized spacial score (nSPS) is 10.7. The third-order valence-corrected chi connectivity index (χ3v) is 2.88. The van der Waals surface area contributed by atoms with E-state index < -0.39 is 0 Å². The number of aryl methyl sites for hydroxylation is 1. The highest BCUT2D eigenvalue weighted by molar-refractivity contribution is 5.65. The fraction of sp³-hybridized carbons (Fsp3) is 0.357. The van der Waals surface area contributed by atoms with Crippen molar-refractivity contribution in [3.8, 4) is 17.1 Å². The van der Waals surface area contributed by atoms with Gasteiger partial charge in [0.1, 0.15) is 0 Å². The Bertz CT molecular complexity index is 488. The first kappa shape index (κ1) is 11.7. The van der Waals surface area contributed by atoms with Gasteiger partial charge >= 0.3 is 0 Å². The minimum Gasteiger partial charge on any atom is -0.492 e. The van der Waals surface area contributed by atoms with Crippen LogP contribution in [0, 0.1) is 0 Å². The van der Waals surface area contributed by atoms with Gasteiger partial charge in [0.25, 0.3) is 0 Å². The second-order valence-electron chi connectivity index (χ2n) is 4.08. The molecular weight excluding hydrogens is 212 g/mol. The first-order valence-corrected chi connectivity index (χ1v) is 6.12. The number of hydrogen-bond acceptors (Lipinski definition) is 2.